The van der Waals surface area contributed by atoms with E-state index in [1.54, 1.807) is 0 Å². The lowest BCUT2D eigenvalue weighted by Gasteiger charge is -2.30. The molecule has 2 aromatic rings. The van der Waals surface area contributed by atoms with Gasteiger partial charge in [0.05, 0.1) is 0 Å². The molecule has 7 heteroatoms. The lowest BCUT2D eigenvalue weighted by atomic mass is 9.95. The largest absolute Gasteiger partial charge is 0.347 e. The predicted molar refractivity (Wildman–Crippen MR) is 97.5 cm³/mol. The summed E-state index contributed by atoms with van der Waals surface area (Å²) in [4.78, 5) is 14.2. The molecular weight excluding hydrogens is 322 g/mol. The normalized spacial score (nSPS) is 15.0. The SMILES string of the molecule is CN(c1nnc(NC(=O)NCc2ccccc2)s1)C1CCCCC1. The molecule has 24 heavy (non-hydrogen) atoms. The zero-order chi connectivity index (χ0) is 16.8. The summed E-state index contributed by atoms with van der Waals surface area (Å²) < 4.78 is 0. The maximum absolute atomic E-state index is 12.0. The van der Waals surface area contributed by atoms with E-state index in [4.69, 9.17) is 0 Å². The van der Waals surface area contributed by atoms with Gasteiger partial charge in [-0.25, -0.2) is 4.79 Å². The summed E-state index contributed by atoms with van der Waals surface area (Å²) in [5.41, 5.74) is 1.06. The number of urea groups is 1. The van der Waals surface area contributed by atoms with E-state index in [0.29, 0.717) is 17.7 Å². The number of carbonyl (C=O) groups excluding carboxylic acids is 1. The second-order valence-electron chi connectivity index (χ2n) is 6.09. The number of benzene rings is 1. The van der Waals surface area contributed by atoms with Gasteiger partial charge in [0.2, 0.25) is 10.3 Å². The third kappa shape index (κ3) is 4.44. The second-order valence-corrected chi connectivity index (χ2v) is 7.04. The number of nitrogens with zero attached hydrogens (tertiary/aromatic N) is 3. The number of hydrogen-bond acceptors (Lipinski definition) is 5. The zero-order valence-electron chi connectivity index (χ0n) is 13.9. The number of anilines is 2. The number of aromatic nitrogens is 2. The van der Waals surface area contributed by atoms with Gasteiger partial charge in [-0.15, -0.1) is 10.2 Å². The van der Waals surface area contributed by atoms with E-state index in [-0.39, 0.29) is 6.03 Å². The summed E-state index contributed by atoms with van der Waals surface area (Å²) in [6.07, 6.45) is 6.29. The maximum atomic E-state index is 12.0. The summed E-state index contributed by atoms with van der Waals surface area (Å²) in [6.45, 7) is 0.486. The molecule has 0 atom stereocenters. The molecule has 0 spiro atoms. The maximum Gasteiger partial charge on any atom is 0.321 e. The van der Waals surface area contributed by atoms with Gasteiger partial charge in [0, 0.05) is 19.6 Å². The van der Waals surface area contributed by atoms with Gasteiger partial charge in [0.25, 0.3) is 0 Å². The molecule has 1 aliphatic carbocycles. The van der Waals surface area contributed by atoms with Crippen LogP contribution in [0, 0.1) is 0 Å². The fraction of sp³-hybridized carbons (Fsp3) is 0.471. The van der Waals surface area contributed by atoms with Crippen molar-refractivity contribution in [1.82, 2.24) is 15.5 Å². The molecule has 0 radical (unpaired) electrons. The van der Waals surface area contributed by atoms with Crippen molar-refractivity contribution in [2.24, 2.45) is 0 Å². The molecule has 0 bridgehead atoms. The Morgan fingerprint density at radius 1 is 1.21 bits per heavy atom. The quantitative estimate of drug-likeness (QED) is 0.868. The molecule has 3 rings (SSSR count). The Labute approximate surface area is 146 Å². The fourth-order valence-corrected chi connectivity index (χ4v) is 3.73. The van der Waals surface area contributed by atoms with Crippen LogP contribution in [-0.4, -0.2) is 29.3 Å². The number of carbonyl (C=O) groups is 1. The number of rotatable bonds is 5. The van der Waals surface area contributed by atoms with Crippen LogP contribution in [0.5, 0.6) is 0 Å². The van der Waals surface area contributed by atoms with E-state index in [0.717, 1.165) is 10.7 Å². The number of nitrogens with one attached hydrogen (secondary N) is 2. The topological polar surface area (TPSA) is 70.2 Å². The van der Waals surface area contributed by atoms with Crippen LogP contribution < -0.4 is 15.5 Å². The minimum absolute atomic E-state index is 0.262. The van der Waals surface area contributed by atoms with Gasteiger partial charge >= 0.3 is 6.03 Å². The minimum Gasteiger partial charge on any atom is -0.347 e. The Bertz CT molecular complexity index is 654. The first kappa shape index (κ1) is 16.7. The van der Waals surface area contributed by atoms with Gasteiger partial charge in [0.15, 0.2) is 0 Å². The predicted octanol–water partition coefficient (Wildman–Crippen LogP) is 3.63. The molecule has 128 valence electrons. The first-order valence-electron chi connectivity index (χ1n) is 8.37. The van der Waals surface area contributed by atoms with E-state index in [9.17, 15) is 4.79 Å². The average molecular weight is 345 g/mol. The van der Waals surface area contributed by atoms with Crippen molar-refractivity contribution in [3.05, 3.63) is 35.9 Å². The first-order valence-corrected chi connectivity index (χ1v) is 9.19. The molecule has 0 unspecified atom stereocenters. The van der Waals surface area contributed by atoms with Crippen LogP contribution in [0.15, 0.2) is 30.3 Å². The van der Waals surface area contributed by atoms with Crippen molar-refractivity contribution in [2.75, 3.05) is 17.3 Å². The highest BCUT2D eigenvalue weighted by molar-refractivity contribution is 7.19. The van der Waals surface area contributed by atoms with Crippen molar-refractivity contribution < 1.29 is 4.79 Å². The molecule has 1 aromatic carbocycles. The van der Waals surface area contributed by atoms with Gasteiger partial charge in [-0.2, -0.15) is 0 Å². The lowest BCUT2D eigenvalue weighted by molar-refractivity contribution is 0.251. The molecule has 0 saturated heterocycles. The Morgan fingerprint density at radius 2 is 1.96 bits per heavy atom. The molecule has 1 fully saturated rings. The van der Waals surface area contributed by atoms with Crippen LogP contribution in [0.3, 0.4) is 0 Å². The first-order chi connectivity index (χ1) is 11.7. The highest BCUT2D eigenvalue weighted by atomic mass is 32.1. The van der Waals surface area contributed by atoms with E-state index in [2.05, 4.69) is 32.8 Å². The molecular formula is C17H23N5OS. The van der Waals surface area contributed by atoms with Crippen LogP contribution in [0.25, 0.3) is 0 Å². The van der Waals surface area contributed by atoms with Crippen LogP contribution >= 0.6 is 11.3 Å². The lowest BCUT2D eigenvalue weighted by Crippen LogP contribution is -2.33. The Morgan fingerprint density at radius 3 is 2.71 bits per heavy atom. The highest BCUT2D eigenvalue weighted by Crippen LogP contribution is 2.29. The third-order valence-electron chi connectivity index (χ3n) is 4.35. The minimum atomic E-state index is -0.262. The van der Waals surface area contributed by atoms with Crippen molar-refractivity contribution >= 4 is 27.6 Å². The smallest absolute Gasteiger partial charge is 0.321 e. The summed E-state index contributed by atoms with van der Waals surface area (Å²) in [6, 6.07) is 10.1. The third-order valence-corrected chi connectivity index (χ3v) is 5.28. The summed E-state index contributed by atoms with van der Waals surface area (Å²) in [5, 5.41) is 15.3. The van der Waals surface area contributed by atoms with Gasteiger partial charge < -0.3 is 10.2 Å². The van der Waals surface area contributed by atoms with E-state index < -0.39 is 0 Å². The van der Waals surface area contributed by atoms with Gasteiger partial charge in [-0.05, 0) is 18.4 Å². The van der Waals surface area contributed by atoms with E-state index in [1.807, 2.05) is 30.3 Å². The van der Waals surface area contributed by atoms with Gasteiger partial charge in [-0.3, -0.25) is 5.32 Å². The van der Waals surface area contributed by atoms with Gasteiger partial charge in [-0.1, -0.05) is 60.9 Å². The second kappa shape index (κ2) is 8.10. The summed E-state index contributed by atoms with van der Waals surface area (Å²) >= 11 is 1.42. The highest BCUT2D eigenvalue weighted by Gasteiger charge is 2.21. The summed E-state index contributed by atoms with van der Waals surface area (Å²) in [7, 11) is 2.07. The van der Waals surface area contributed by atoms with Crippen molar-refractivity contribution in [3.63, 3.8) is 0 Å². The average Bonchev–Trinajstić information content (AvgIpc) is 3.09. The standard InChI is InChI=1S/C17H23N5OS/c1-22(14-10-6-3-7-11-14)17-21-20-16(24-17)19-15(23)18-12-13-8-4-2-5-9-13/h2,4-5,8-9,14H,3,6-7,10-12H2,1H3,(H2,18,19,20,23). The Hall–Kier alpha value is -2.15. The molecule has 2 amide bonds. The van der Waals surface area contributed by atoms with Crippen molar-refractivity contribution in [3.8, 4) is 0 Å². The zero-order valence-corrected chi connectivity index (χ0v) is 14.7. The molecule has 1 aromatic heterocycles. The molecule has 1 heterocycles. The number of hydrogen-bond donors (Lipinski definition) is 2. The van der Waals surface area contributed by atoms with E-state index in [1.165, 1.54) is 43.4 Å². The molecule has 2 N–H and O–H groups in total. The molecule has 1 saturated carbocycles. The van der Waals surface area contributed by atoms with Crippen LogP contribution in [0.1, 0.15) is 37.7 Å². The van der Waals surface area contributed by atoms with Crippen molar-refractivity contribution in [1.29, 1.82) is 0 Å². The number of amides is 2. The summed E-state index contributed by atoms with van der Waals surface area (Å²) in [5.74, 6) is 0. The molecule has 1 aliphatic rings. The van der Waals surface area contributed by atoms with Crippen LogP contribution in [0.4, 0.5) is 15.1 Å². The molecule has 6 nitrogen and oxygen atoms in total. The van der Waals surface area contributed by atoms with Crippen LogP contribution in [0.2, 0.25) is 0 Å². The Kier molecular flexibility index (Phi) is 5.63. The van der Waals surface area contributed by atoms with Crippen LogP contribution in [-0.2, 0) is 6.54 Å². The van der Waals surface area contributed by atoms with Gasteiger partial charge in [0.1, 0.15) is 0 Å². The fourth-order valence-electron chi connectivity index (χ4n) is 2.95. The van der Waals surface area contributed by atoms with E-state index >= 15 is 0 Å². The monoisotopic (exact) mass is 345 g/mol. The van der Waals surface area contributed by atoms with Crippen molar-refractivity contribution in [2.45, 2.75) is 44.7 Å². The molecule has 0 aliphatic heterocycles. The Balaban J connectivity index is 1.50.